The van der Waals surface area contributed by atoms with Crippen molar-refractivity contribution in [2.75, 3.05) is 0 Å². The van der Waals surface area contributed by atoms with Crippen molar-refractivity contribution in [1.29, 1.82) is 0 Å². The first-order valence-electron chi connectivity index (χ1n) is 6.56. The summed E-state index contributed by atoms with van der Waals surface area (Å²) in [7, 11) is -3.63. The summed E-state index contributed by atoms with van der Waals surface area (Å²) in [6.45, 7) is 6.09. The van der Waals surface area contributed by atoms with Gasteiger partial charge in [0.05, 0.1) is 4.90 Å². The van der Waals surface area contributed by atoms with E-state index in [9.17, 15) is 13.2 Å². The van der Waals surface area contributed by atoms with Crippen LogP contribution in [0.3, 0.4) is 0 Å². The molecule has 114 valence electrons. The zero-order chi connectivity index (χ0) is 15.3. The summed E-state index contributed by atoms with van der Waals surface area (Å²) < 4.78 is 26.7. The summed E-state index contributed by atoms with van der Waals surface area (Å²) in [6.07, 6.45) is 2.80. The van der Waals surface area contributed by atoms with Crippen LogP contribution in [0.2, 0.25) is 0 Å². The highest BCUT2D eigenvalue weighted by Crippen LogP contribution is 2.20. The minimum atomic E-state index is -3.63. The Kier molecular flexibility index (Phi) is 6.16. The predicted molar refractivity (Wildman–Crippen MR) is 79.8 cm³/mol. The summed E-state index contributed by atoms with van der Waals surface area (Å²) in [6, 6.07) is 1.03. The van der Waals surface area contributed by atoms with Crippen molar-refractivity contribution >= 4 is 27.3 Å². The number of sulfonamides is 1. The summed E-state index contributed by atoms with van der Waals surface area (Å²) >= 11 is 0.915. The number of nitrogens with one attached hydrogen (secondary N) is 1. The Bertz CT molecular complexity index is 548. The molecule has 0 bridgehead atoms. The molecule has 0 spiro atoms. The molecule has 0 aliphatic rings. The zero-order valence-corrected chi connectivity index (χ0v) is 13.6. The molecule has 5 nitrogen and oxygen atoms in total. The van der Waals surface area contributed by atoms with Crippen LogP contribution in [-0.4, -0.2) is 25.5 Å². The van der Waals surface area contributed by atoms with Crippen molar-refractivity contribution in [1.82, 2.24) is 4.72 Å². The van der Waals surface area contributed by atoms with Gasteiger partial charge in [-0.1, -0.05) is 26.7 Å². The van der Waals surface area contributed by atoms with E-state index in [-0.39, 0.29) is 15.8 Å². The van der Waals surface area contributed by atoms with Gasteiger partial charge in [-0.05, 0) is 25.3 Å². The molecule has 0 fully saturated rings. The fraction of sp³-hybridized carbons (Fsp3) is 0.615. The summed E-state index contributed by atoms with van der Waals surface area (Å²) in [5.41, 5.74) is 0. The lowest BCUT2D eigenvalue weighted by molar-refractivity contribution is 0.0702. The summed E-state index contributed by atoms with van der Waals surface area (Å²) in [5, 5.41) is 10.2. The van der Waals surface area contributed by atoms with Crippen LogP contribution in [0.4, 0.5) is 0 Å². The van der Waals surface area contributed by atoms with Crippen molar-refractivity contribution < 1.29 is 18.3 Å². The van der Waals surface area contributed by atoms with Gasteiger partial charge in [0.2, 0.25) is 10.0 Å². The number of thiophene rings is 1. The van der Waals surface area contributed by atoms with Gasteiger partial charge in [-0.25, -0.2) is 17.9 Å². The largest absolute Gasteiger partial charge is 0.477 e. The molecular weight excluding hydrogens is 298 g/mol. The molecule has 2 N–H and O–H groups in total. The summed E-state index contributed by atoms with van der Waals surface area (Å²) in [4.78, 5) is 10.8. The van der Waals surface area contributed by atoms with E-state index < -0.39 is 16.0 Å². The normalized spacial score (nSPS) is 13.6. The lowest BCUT2D eigenvalue weighted by Gasteiger charge is -2.14. The number of hydrogen-bond acceptors (Lipinski definition) is 4. The van der Waals surface area contributed by atoms with Crippen molar-refractivity contribution in [2.24, 2.45) is 5.92 Å². The van der Waals surface area contributed by atoms with Crippen LogP contribution in [0, 0.1) is 5.92 Å². The first-order valence-corrected chi connectivity index (χ1v) is 8.93. The van der Waals surface area contributed by atoms with E-state index in [1.54, 1.807) is 0 Å². The smallest absolute Gasteiger partial charge is 0.345 e. The zero-order valence-electron chi connectivity index (χ0n) is 11.9. The quantitative estimate of drug-likeness (QED) is 0.771. The van der Waals surface area contributed by atoms with Gasteiger partial charge in [0.15, 0.2) is 0 Å². The van der Waals surface area contributed by atoms with Gasteiger partial charge in [0.1, 0.15) is 4.88 Å². The minimum absolute atomic E-state index is 0.0237. The molecule has 0 radical (unpaired) electrons. The Labute approximate surface area is 124 Å². The highest BCUT2D eigenvalue weighted by Gasteiger charge is 2.20. The van der Waals surface area contributed by atoms with Crippen LogP contribution in [0.15, 0.2) is 16.3 Å². The first kappa shape index (κ1) is 17.1. The number of carboxylic acid groups (broad SMARTS) is 1. The maximum Gasteiger partial charge on any atom is 0.345 e. The molecule has 1 heterocycles. The van der Waals surface area contributed by atoms with Crippen molar-refractivity contribution in [2.45, 2.75) is 51.0 Å². The van der Waals surface area contributed by atoms with Gasteiger partial charge in [-0.2, -0.15) is 0 Å². The molecule has 0 aliphatic heterocycles. The predicted octanol–water partition coefficient (Wildman–Crippen LogP) is 2.94. The molecule has 0 aromatic carbocycles. The number of rotatable bonds is 8. The van der Waals surface area contributed by atoms with Gasteiger partial charge in [0.25, 0.3) is 0 Å². The van der Waals surface area contributed by atoms with Crippen LogP contribution < -0.4 is 4.72 Å². The van der Waals surface area contributed by atoms with Crippen LogP contribution in [-0.2, 0) is 10.0 Å². The van der Waals surface area contributed by atoms with E-state index in [0.29, 0.717) is 5.92 Å². The van der Waals surface area contributed by atoms with Gasteiger partial charge >= 0.3 is 5.97 Å². The molecule has 1 aromatic heterocycles. The van der Waals surface area contributed by atoms with Crippen LogP contribution in [0.1, 0.15) is 49.7 Å². The SMILES string of the molecule is CC(C)CCCC(C)NS(=O)(=O)c1csc(C(=O)O)c1. The fourth-order valence-electron chi connectivity index (χ4n) is 1.80. The van der Waals surface area contributed by atoms with E-state index in [4.69, 9.17) is 5.11 Å². The number of aromatic carboxylic acids is 1. The number of carbonyl (C=O) groups is 1. The van der Waals surface area contributed by atoms with E-state index in [2.05, 4.69) is 18.6 Å². The topological polar surface area (TPSA) is 83.5 Å². The molecule has 20 heavy (non-hydrogen) atoms. The lowest BCUT2D eigenvalue weighted by Crippen LogP contribution is -2.32. The highest BCUT2D eigenvalue weighted by atomic mass is 32.2. The molecule has 0 saturated carbocycles. The Morgan fingerprint density at radius 3 is 2.50 bits per heavy atom. The van der Waals surface area contributed by atoms with E-state index in [1.165, 1.54) is 11.4 Å². The number of carboxylic acids is 1. The molecule has 1 aromatic rings. The maximum atomic E-state index is 12.1. The maximum absolute atomic E-state index is 12.1. The third-order valence-corrected chi connectivity index (χ3v) is 5.51. The second-order valence-electron chi connectivity index (χ2n) is 5.30. The fourth-order valence-corrected chi connectivity index (χ4v) is 4.19. The van der Waals surface area contributed by atoms with Crippen LogP contribution in [0.5, 0.6) is 0 Å². The Morgan fingerprint density at radius 1 is 1.35 bits per heavy atom. The average molecular weight is 319 g/mol. The lowest BCUT2D eigenvalue weighted by atomic mass is 10.0. The highest BCUT2D eigenvalue weighted by molar-refractivity contribution is 7.89. The molecule has 1 atom stereocenters. The van der Waals surface area contributed by atoms with Crippen LogP contribution in [0.25, 0.3) is 0 Å². The number of hydrogen-bond donors (Lipinski definition) is 2. The molecule has 0 amide bonds. The molecule has 0 aliphatic carbocycles. The minimum Gasteiger partial charge on any atom is -0.477 e. The van der Waals surface area contributed by atoms with Crippen molar-refractivity contribution in [3.63, 3.8) is 0 Å². The van der Waals surface area contributed by atoms with E-state index in [0.717, 1.165) is 30.6 Å². The standard InChI is InChI=1S/C13H21NO4S2/c1-9(2)5-4-6-10(3)14-20(17,18)11-7-12(13(15)16)19-8-11/h7-10,14H,4-6H2,1-3H3,(H,15,16). The van der Waals surface area contributed by atoms with Crippen LogP contribution >= 0.6 is 11.3 Å². The Morgan fingerprint density at radius 2 is 2.00 bits per heavy atom. The van der Waals surface area contributed by atoms with Gasteiger partial charge in [0, 0.05) is 11.4 Å². The molecule has 1 rings (SSSR count). The van der Waals surface area contributed by atoms with Gasteiger partial charge in [-0.3, -0.25) is 0 Å². The van der Waals surface area contributed by atoms with E-state index >= 15 is 0 Å². The molecule has 0 saturated heterocycles. The second kappa shape index (κ2) is 7.19. The van der Waals surface area contributed by atoms with Crippen molar-refractivity contribution in [3.8, 4) is 0 Å². The van der Waals surface area contributed by atoms with Crippen molar-refractivity contribution in [3.05, 3.63) is 16.3 Å². The third-order valence-electron chi connectivity index (χ3n) is 2.87. The molecular formula is C13H21NO4S2. The Balaban J connectivity index is 2.62. The van der Waals surface area contributed by atoms with Gasteiger partial charge in [-0.15, -0.1) is 11.3 Å². The van der Waals surface area contributed by atoms with Gasteiger partial charge < -0.3 is 5.11 Å². The van der Waals surface area contributed by atoms with E-state index in [1.807, 2.05) is 6.92 Å². The Hall–Kier alpha value is -0.920. The third kappa shape index (κ3) is 5.22. The summed E-state index contributed by atoms with van der Waals surface area (Å²) in [5.74, 6) is -0.504. The second-order valence-corrected chi connectivity index (χ2v) is 7.92. The monoisotopic (exact) mass is 319 g/mol. The molecule has 7 heteroatoms. The molecule has 1 unspecified atom stereocenters. The average Bonchev–Trinajstić information content (AvgIpc) is 2.77. The first-order chi connectivity index (χ1) is 9.22.